The fourth-order valence-corrected chi connectivity index (χ4v) is 0.618. The highest BCUT2D eigenvalue weighted by molar-refractivity contribution is 5.08. The van der Waals surface area contributed by atoms with Crippen molar-refractivity contribution in [2.24, 2.45) is 0 Å². The summed E-state index contributed by atoms with van der Waals surface area (Å²) in [6.07, 6.45) is 4.74. The Balaban J connectivity index is 0. The third-order valence-electron chi connectivity index (χ3n) is 1.16. The van der Waals surface area contributed by atoms with Crippen LogP contribution in [0.3, 0.4) is 0 Å². The summed E-state index contributed by atoms with van der Waals surface area (Å²) in [6.45, 7) is 6.13. The van der Waals surface area contributed by atoms with Crippen LogP contribution in [-0.2, 0) is 6.42 Å². The van der Waals surface area contributed by atoms with Crippen molar-refractivity contribution >= 4 is 0 Å². The topological polar surface area (TPSA) is 33.1 Å². The van der Waals surface area contributed by atoms with E-state index in [2.05, 4.69) is 11.9 Å². The minimum Gasteiger partial charge on any atom is -0.400 e. The lowest BCUT2D eigenvalue weighted by molar-refractivity contribution is 0.399. The molecule has 0 amide bonds. The molecule has 70 valence electrons. The Morgan fingerprint density at radius 1 is 1.17 bits per heavy atom. The van der Waals surface area contributed by atoms with Gasteiger partial charge in [-0.3, -0.25) is 4.98 Å². The van der Waals surface area contributed by atoms with Gasteiger partial charge in [0.2, 0.25) is 0 Å². The summed E-state index contributed by atoms with van der Waals surface area (Å²) >= 11 is 0. The summed E-state index contributed by atoms with van der Waals surface area (Å²) in [5.41, 5.74) is 1.35. The molecule has 0 aliphatic heterocycles. The number of aryl methyl sites for hydroxylation is 1. The third kappa shape index (κ3) is 7.22. The molecule has 0 aromatic carbocycles. The molecule has 0 aliphatic carbocycles. The fraction of sp³-hybridized carbons (Fsp3) is 0.500. The van der Waals surface area contributed by atoms with Crippen LogP contribution in [0.25, 0.3) is 0 Å². The van der Waals surface area contributed by atoms with Gasteiger partial charge in [0.15, 0.2) is 0 Å². The number of hydrogen-bond acceptors (Lipinski definition) is 2. The Kier molecular flexibility index (Phi) is 14.5. The van der Waals surface area contributed by atoms with Crippen molar-refractivity contribution in [3.63, 3.8) is 0 Å². The Labute approximate surface area is 75.3 Å². The van der Waals surface area contributed by atoms with Gasteiger partial charge in [-0.2, -0.15) is 0 Å². The van der Waals surface area contributed by atoms with Gasteiger partial charge in [0.05, 0.1) is 0 Å². The largest absolute Gasteiger partial charge is 0.400 e. The predicted octanol–water partition coefficient (Wildman–Crippen LogP) is 2.28. The van der Waals surface area contributed by atoms with Gasteiger partial charge in [0.1, 0.15) is 0 Å². The molecule has 0 radical (unpaired) electrons. The summed E-state index contributed by atoms with van der Waals surface area (Å²) in [5, 5.41) is 7.00. The van der Waals surface area contributed by atoms with Crippen molar-refractivity contribution in [1.29, 1.82) is 0 Å². The standard InChI is InChI=1S/C7H9N.C2H6.CH4O/c1-2-7-3-5-8-6-4-7;2*1-2/h3-6H,2H2,1H3;1-2H3;2H,1H3. The average Bonchev–Trinajstić information content (AvgIpc) is 2.25. The van der Waals surface area contributed by atoms with Crippen LogP contribution < -0.4 is 0 Å². The highest BCUT2D eigenvalue weighted by Gasteiger charge is 1.80. The second-order valence-electron chi connectivity index (χ2n) is 1.71. The molecule has 1 heterocycles. The molecule has 1 rings (SSSR count). The van der Waals surface area contributed by atoms with Crippen LogP contribution in [-0.4, -0.2) is 17.2 Å². The third-order valence-corrected chi connectivity index (χ3v) is 1.16. The molecule has 0 spiro atoms. The van der Waals surface area contributed by atoms with Crippen LogP contribution >= 0.6 is 0 Å². The molecule has 12 heavy (non-hydrogen) atoms. The van der Waals surface area contributed by atoms with E-state index in [0.717, 1.165) is 13.5 Å². The zero-order valence-electron chi connectivity index (χ0n) is 8.41. The van der Waals surface area contributed by atoms with Gasteiger partial charge in [0, 0.05) is 19.5 Å². The van der Waals surface area contributed by atoms with Crippen molar-refractivity contribution in [2.45, 2.75) is 27.2 Å². The lowest BCUT2D eigenvalue weighted by Gasteiger charge is -1.89. The first-order chi connectivity index (χ1) is 5.93. The highest BCUT2D eigenvalue weighted by Crippen LogP contribution is 1.94. The maximum absolute atomic E-state index is 7.00. The van der Waals surface area contributed by atoms with E-state index in [1.165, 1.54) is 5.56 Å². The minimum atomic E-state index is 1.00. The molecule has 2 heteroatoms. The normalized spacial score (nSPS) is 7.08. The maximum Gasteiger partial charge on any atom is 0.0319 e. The quantitative estimate of drug-likeness (QED) is 0.699. The molecule has 0 atom stereocenters. The molecule has 0 saturated heterocycles. The van der Waals surface area contributed by atoms with Gasteiger partial charge in [0.25, 0.3) is 0 Å². The first-order valence-corrected chi connectivity index (χ1v) is 4.27. The highest BCUT2D eigenvalue weighted by atomic mass is 16.2. The van der Waals surface area contributed by atoms with Crippen molar-refractivity contribution in [2.75, 3.05) is 7.11 Å². The Hall–Kier alpha value is -0.890. The van der Waals surface area contributed by atoms with Crippen LogP contribution in [0.5, 0.6) is 0 Å². The summed E-state index contributed by atoms with van der Waals surface area (Å²) in [7, 11) is 1.00. The monoisotopic (exact) mass is 169 g/mol. The SMILES string of the molecule is CC.CCc1ccncc1.CO. The van der Waals surface area contributed by atoms with E-state index < -0.39 is 0 Å². The van der Waals surface area contributed by atoms with Gasteiger partial charge in [-0.1, -0.05) is 20.8 Å². The number of aliphatic hydroxyl groups excluding tert-OH is 1. The van der Waals surface area contributed by atoms with Gasteiger partial charge in [-0.25, -0.2) is 0 Å². The number of nitrogens with zero attached hydrogens (tertiary/aromatic N) is 1. The van der Waals surface area contributed by atoms with E-state index in [9.17, 15) is 0 Å². The van der Waals surface area contributed by atoms with Crippen molar-refractivity contribution in [3.8, 4) is 0 Å². The summed E-state index contributed by atoms with van der Waals surface area (Å²) in [5.74, 6) is 0. The zero-order valence-corrected chi connectivity index (χ0v) is 8.41. The Morgan fingerprint density at radius 2 is 1.58 bits per heavy atom. The molecule has 0 aliphatic rings. The average molecular weight is 169 g/mol. The summed E-state index contributed by atoms with van der Waals surface area (Å²) in [4.78, 5) is 3.89. The lowest BCUT2D eigenvalue weighted by atomic mass is 10.2. The molecular formula is C10H19NO. The van der Waals surface area contributed by atoms with Gasteiger partial charge < -0.3 is 5.11 Å². The second kappa shape index (κ2) is 12.8. The van der Waals surface area contributed by atoms with Crippen molar-refractivity contribution < 1.29 is 5.11 Å². The first-order valence-electron chi connectivity index (χ1n) is 4.27. The maximum atomic E-state index is 7.00. The Morgan fingerprint density at radius 3 is 1.83 bits per heavy atom. The molecule has 1 aromatic rings. The van der Waals surface area contributed by atoms with E-state index >= 15 is 0 Å². The molecule has 0 fully saturated rings. The molecular weight excluding hydrogens is 150 g/mol. The number of aromatic nitrogens is 1. The van der Waals surface area contributed by atoms with Crippen molar-refractivity contribution in [1.82, 2.24) is 4.98 Å². The van der Waals surface area contributed by atoms with Gasteiger partial charge >= 0.3 is 0 Å². The van der Waals surface area contributed by atoms with Crippen LogP contribution in [0, 0.1) is 0 Å². The van der Waals surface area contributed by atoms with Crippen LogP contribution in [0.15, 0.2) is 24.5 Å². The van der Waals surface area contributed by atoms with Gasteiger partial charge in [-0.05, 0) is 24.1 Å². The predicted molar refractivity (Wildman–Crippen MR) is 53.1 cm³/mol. The fourth-order valence-electron chi connectivity index (χ4n) is 0.618. The lowest BCUT2D eigenvalue weighted by Crippen LogP contribution is -1.76. The van der Waals surface area contributed by atoms with Crippen LogP contribution in [0.4, 0.5) is 0 Å². The minimum absolute atomic E-state index is 1.00. The zero-order chi connectivity index (χ0) is 9.82. The molecule has 2 nitrogen and oxygen atoms in total. The Bertz CT molecular complexity index is 151. The summed E-state index contributed by atoms with van der Waals surface area (Å²) < 4.78 is 0. The number of rotatable bonds is 1. The van der Waals surface area contributed by atoms with E-state index in [1.807, 2.05) is 38.4 Å². The molecule has 1 N–H and O–H groups in total. The van der Waals surface area contributed by atoms with E-state index in [1.54, 1.807) is 0 Å². The van der Waals surface area contributed by atoms with Crippen LogP contribution in [0.2, 0.25) is 0 Å². The molecule has 1 aromatic heterocycles. The van der Waals surface area contributed by atoms with Crippen molar-refractivity contribution in [3.05, 3.63) is 30.1 Å². The van der Waals surface area contributed by atoms with Crippen LogP contribution in [0.1, 0.15) is 26.3 Å². The second-order valence-corrected chi connectivity index (χ2v) is 1.71. The first kappa shape index (κ1) is 13.7. The smallest absolute Gasteiger partial charge is 0.0319 e. The van der Waals surface area contributed by atoms with E-state index in [0.29, 0.717) is 0 Å². The molecule has 0 bridgehead atoms. The van der Waals surface area contributed by atoms with Gasteiger partial charge in [-0.15, -0.1) is 0 Å². The number of hydrogen-bond donors (Lipinski definition) is 1. The molecule has 0 saturated carbocycles. The van der Waals surface area contributed by atoms with E-state index in [-0.39, 0.29) is 0 Å². The number of aliphatic hydroxyl groups is 1. The van der Waals surface area contributed by atoms with E-state index in [4.69, 9.17) is 5.11 Å². The number of pyridine rings is 1. The summed E-state index contributed by atoms with van der Waals surface area (Å²) in [6, 6.07) is 4.06. The molecule has 0 unspecified atom stereocenters.